The maximum absolute atomic E-state index is 12.6. The Morgan fingerprint density at radius 3 is 2.72 bits per heavy atom. The number of nitrogens with one attached hydrogen (secondary N) is 1. The first-order valence-electron chi connectivity index (χ1n) is 10.8. The van der Waals surface area contributed by atoms with Crippen LogP contribution < -0.4 is 5.32 Å². The number of nitrogens with zero attached hydrogens (tertiary/aromatic N) is 5. The van der Waals surface area contributed by atoms with Gasteiger partial charge in [0.15, 0.2) is 29.3 Å². The molecule has 2 saturated heterocycles. The second kappa shape index (κ2) is 7.89. The number of hydrogen-bond donors (Lipinski definition) is 2. The highest BCUT2D eigenvalue weighted by Gasteiger charge is 2.63. The molecule has 5 rings (SSSR count). The fourth-order valence-corrected chi connectivity index (χ4v) is 5.00. The molecule has 0 saturated carbocycles. The Morgan fingerprint density at radius 2 is 2.00 bits per heavy atom. The zero-order valence-corrected chi connectivity index (χ0v) is 18.2. The summed E-state index contributed by atoms with van der Waals surface area (Å²) in [7, 11) is 1.87. The quantitative estimate of drug-likeness (QED) is 0.623. The highest BCUT2D eigenvalue weighted by molar-refractivity contribution is 6.06. The maximum atomic E-state index is 12.6. The van der Waals surface area contributed by atoms with Crippen LogP contribution in [0.3, 0.4) is 0 Å². The fraction of sp³-hybridized carbons (Fsp3) is 0.455. The first-order valence-corrected chi connectivity index (χ1v) is 10.8. The number of hydroxylamine groups is 2. The lowest BCUT2D eigenvalue weighted by molar-refractivity contribution is -0.282. The Bertz CT molecular complexity index is 1140. The molecule has 1 amide bonds. The summed E-state index contributed by atoms with van der Waals surface area (Å²) in [4.78, 5) is 31.7. The van der Waals surface area contributed by atoms with E-state index in [2.05, 4.69) is 20.3 Å². The Labute approximate surface area is 185 Å². The van der Waals surface area contributed by atoms with Crippen molar-refractivity contribution in [2.24, 2.45) is 0 Å². The Balaban J connectivity index is 1.50. The van der Waals surface area contributed by atoms with Crippen molar-refractivity contribution in [3.63, 3.8) is 0 Å². The van der Waals surface area contributed by atoms with Crippen LogP contribution in [0, 0.1) is 0 Å². The van der Waals surface area contributed by atoms with Gasteiger partial charge in [-0.25, -0.2) is 15.0 Å². The molecule has 0 radical (unpaired) electrons. The first-order chi connectivity index (χ1) is 15.5. The molecule has 1 unspecified atom stereocenters. The molecule has 1 aromatic carbocycles. The molecule has 3 aromatic rings. The van der Waals surface area contributed by atoms with Crippen LogP contribution in [0.5, 0.6) is 0 Å². The van der Waals surface area contributed by atoms with Crippen molar-refractivity contribution >= 4 is 22.9 Å². The van der Waals surface area contributed by atoms with Gasteiger partial charge in [-0.2, -0.15) is 5.06 Å². The lowest BCUT2D eigenvalue weighted by atomic mass is 9.82. The largest absolute Gasteiger partial charge is 0.387 e. The molecule has 2 aliphatic rings. The second-order valence-electron chi connectivity index (χ2n) is 8.17. The monoisotopic (exact) mass is 438 g/mol. The predicted molar refractivity (Wildman–Crippen MR) is 116 cm³/mol. The summed E-state index contributed by atoms with van der Waals surface area (Å²) in [6.45, 7) is 4.06. The second-order valence-corrected chi connectivity index (χ2v) is 8.17. The molecule has 0 aliphatic carbocycles. The number of benzene rings is 1. The number of carbonyl (C=O) groups excluding carboxylic acids is 1. The minimum absolute atomic E-state index is 0.0890. The van der Waals surface area contributed by atoms with Gasteiger partial charge in [0, 0.05) is 12.6 Å². The number of anilines is 1. The molecule has 10 heteroatoms. The molecule has 2 fully saturated rings. The normalized spacial score (nSPS) is 30.0. The number of amides is 1. The number of imidazole rings is 1. The van der Waals surface area contributed by atoms with Crippen molar-refractivity contribution in [2.75, 3.05) is 12.4 Å². The Morgan fingerprint density at radius 1 is 1.22 bits per heavy atom. The van der Waals surface area contributed by atoms with Crippen LogP contribution in [-0.2, 0) is 9.57 Å². The zero-order chi connectivity index (χ0) is 22.5. The number of aliphatic hydroxyl groups is 1. The van der Waals surface area contributed by atoms with Crippen LogP contribution in [0.15, 0.2) is 43.0 Å². The molecular weight excluding hydrogens is 412 g/mol. The number of aromatic nitrogens is 4. The number of aliphatic hydroxyl groups excluding tert-OH is 1. The van der Waals surface area contributed by atoms with E-state index in [-0.39, 0.29) is 11.9 Å². The van der Waals surface area contributed by atoms with Crippen LogP contribution >= 0.6 is 0 Å². The molecule has 4 heterocycles. The van der Waals surface area contributed by atoms with Gasteiger partial charge in [-0.15, -0.1) is 0 Å². The van der Waals surface area contributed by atoms with Gasteiger partial charge in [0.1, 0.15) is 18.0 Å². The number of hydrogen-bond acceptors (Lipinski definition) is 8. The lowest BCUT2D eigenvalue weighted by Gasteiger charge is -2.46. The fourth-order valence-electron chi connectivity index (χ4n) is 5.00. The standard InChI is InChI=1S/C22H26N6O4/c1-4-14-22(5-2)17(29)16(32-27(14)3)21(31-22)28-12-25-15-18(23-11-24-19(15)28)26-20(30)13-9-7-6-8-10-13/h6-12,14,16-17,21,29H,4-5H2,1-3H3,(H,23,24,26,30)/t14-,16?,17-,21-,22+/m1/s1. The maximum Gasteiger partial charge on any atom is 0.256 e. The average Bonchev–Trinajstić information content (AvgIpc) is 3.32. The van der Waals surface area contributed by atoms with Crippen LogP contribution in [0.1, 0.15) is 43.3 Å². The molecule has 0 spiro atoms. The van der Waals surface area contributed by atoms with Crippen molar-refractivity contribution in [1.29, 1.82) is 0 Å². The number of fused-ring (bicyclic) bond motifs is 3. The van der Waals surface area contributed by atoms with E-state index < -0.39 is 24.0 Å². The SMILES string of the molecule is CC[C@H]1N(C)OC2[C@H](n3cnc4c(NC(=O)c5ccccc5)ncnc43)O[C@]1(CC)[C@@H]2O. The number of carbonyl (C=O) groups is 1. The van der Waals surface area contributed by atoms with Crippen LogP contribution in [0.25, 0.3) is 11.2 Å². The molecule has 168 valence electrons. The van der Waals surface area contributed by atoms with Gasteiger partial charge < -0.3 is 15.2 Å². The topological polar surface area (TPSA) is 115 Å². The first kappa shape index (κ1) is 21.0. The molecule has 32 heavy (non-hydrogen) atoms. The molecular formula is C22H26N6O4. The van der Waals surface area contributed by atoms with Gasteiger partial charge >= 0.3 is 0 Å². The summed E-state index contributed by atoms with van der Waals surface area (Å²) in [6.07, 6.45) is 2.32. The Kier molecular flexibility index (Phi) is 5.17. The molecule has 2 N–H and O–H groups in total. The predicted octanol–water partition coefficient (Wildman–Crippen LogP) is 2.14. The summed E-state index contributed by atoms with van der Waals surface area (Å²) < 4.78 is 8.25. The molecule has 2 aromatic heterocycles. The Hall–Kier alpha value is -2.92. The molecule has 10 nitrogen and oxygen atoms in total. The van der Waals surface area contributed by atoms with E-state index in [1.54, 1.807) is 40.2 Å². The summed E-state index contributed by atoms with van der Waals surface area (Å²) in [5.41, 5.74) is 0.674. The van der Waals surface area contributed by atoms with E-state index in [4.69, 9.17) is 9.57 Å². The van der Waals surface area contributed by atoms with E-state index in [9.17, 15) is 9.90 Å². The summed E-state index contributed by atoms with van der Waals surface area (Å²) >= 11 is 0. The van der Waals surface area contributed by atoms with E-state index in [1.165, 1.54) is 6.33 Å². The van der Waals surface area contributed by atoms with E-state index in [0.29, 0.717) is 29.0 Å². The van der Waals surface area contributed by atoms with Gasteiger partial charge in [-0.3, -0.25) is 14.2 Å². The van der Waals surface area contributed by atoms with Crippen molar-refractivity contribution in [3.8, 4) is 0 Å². The third-order valence-corrected chi connectivity index (χ3v) is 6.56. The third-order valence-electron chi connectivity index (χ3n) is 6.56. The molecule has 2 bridgehead atoms. The summed E-state index contributed by atoms with van der Waals surface area (Å²) in [5, 5.41) is 15.7. The van der Waals surface area contributed by atoms with Crippen molar-refractivity contribution in [2.45, 2.75) is 56.8 Å². The van der Waals surface area contributed by atoms with E-state index in [1.807, 2.05) is 27.0 Å². The number of ether oxygens (including phenoxy) is 1. The minimum Gasteiger partial charge on any atom is -0.387 e. The van der Waals surface area contributed by atoms with Gasteiger partial charge in [0.2, 0.25) is 0 Å². The summed E-state index contributed by atoms with van der Waals surface area (Å²) in [6, 6.07) is 8.80. The average molecular weight is 438 g/mol. The highest BCUT2D eigenvalue weighted by atomic mass is 16.7. The number of rotatable bonds is 5. The van der Waals surface area contributed by atoms with E-state index >= 15 is 0 Å². The van der Waals surface area contributed by atoms with E-state index in [0.717, 1.165) is 6.42 Å². The van der Waals surface area contributed by atoms with Crippen LogP contribution in [0.2, 0.25) is 0 Å². The number of likely N-dealkylation sites (N-methyl/N-ethyl adjacent to an activating group) is 1. The van der Waals surface area contributed by atoms with Crippen molar-refractivity contribution in [1.82, 2.24) is 24.6 Å². The lowest BCUT2D eigenvalue weighted by Crippen LogP contribution is -2.62. The van der Waals surface area contributed by atoms with Gasteiger partial charge in [0.25, 0.3) is 5.91 Å². The van der Waals surface area contributed by atoms with Crippen molar-refractivity contribution in [3.05, 3.63) is 48.5 Å². The molecule has 5 atom stereocenters. The molecule has 2 aliphatic heterocycles. The highest BCUT2D eigenvalue weighted by Crippen LogP contribution is 2.49. The summed E-state index contributed by atoms with van der Waals surface area (Å²) in [5.74, 6) is 0.0167. The van der Waals surface area contributed by atoms with Crippen LogP contribution in [0.4, 0.5) is 5.82 Å². The third kappa shape index (κ3) is 3.02. The van der Waals surface area contributed by atoms with Gasteiger partial charge in [0.05, 0.1) is 12.4 Å². The van der Waals surface area contributed by atoms with Gasteiger partial charge in [-0.05, 0) is 25.0 Å². The van der Waals surface area contributed by atoms with Gasteiger partial charge in [-0.1, -0.05) is 32.0 Å². The minimum atomic E-state index is -0.796. The smallest absolute Gasteiger partial charge is 0.256 e. The van der Waals surface area contributed by atoms with Crippen molar-refractivity contribution < 1.29 is 19.5 Å². The van der Waals surface area contributed by atoms with Crippen LogP contribution in [-0.4, -0.2) is 66.5 Å². The zero-order valence-electron chi connectivity index (χ0n) is 18.2.